The van der Waals surface area contributed by atoms with E-state index in [1.165, 1.54) is 0 Å². The van der Waals surface area contributed by atoms with Crippen LogP contribution in [-0.2, 0) is 4.79 Å². The fourth-order valence-corrected chi connectivity index (χ4v) is 3.26. The summed E-state index contributed by atoms with van der Waals surface area (Å²) in [5, 5.41) is 12.6. The smallest absolute Gasteiger partial charge is 0.254 e. The Balaban J connectivity index is 2.22. The summed E-state index contributed by atoms with van der Waals surface area (Å²) in [5.41, 5.74) is 0.659. The summed E-state index contributed by atoms with van der Waals surface area (Å²) in [6.07, 6.45) is 0.620. The van der Waals surface area contributed by atoms with Crippen LogP contribution in [0.5, 0.6) is 5.75 Å². The van der Waals surface area contributed by atoms with Crippen LogP contribution in [0.1, 0.15) is 31.7 Å². The first-order valence-electron chi connectivity index (χ1n) is 6.10. The summed E-state index contributed by atoms with van der Waals surface area (Å²) >= 11 is 3.43. The number of allylic oxidation sites excluding steroid dienone is 1. The lowest BCUT2D eigenvalue weighted by Crippen LogP contribution is -2.58. The molecule has 2 aliphatic rings. The van der Waals surface area contributed by atoms with Gasteiger partial charge in [-0.15, -0.1) is 0 Å². The maximum atomic E-state index is 12.1. The summed E-state index contributed by atoms with van der Waals surface area (Å²) in [4.78, 5) is 12.1. The van der Waals surface area contributed by atoms with Crippen molar-refractivity contribution in [3.63, 3.8) is 0 Å². The average molecular weight is 324 g/mol. The molecule has 2 bridgehead atoms. The van der Waals surface area contributed by atoms with Gasteiger partial charge in [-0.2, -0.15) is 0 Å². The second kappa shape index (κ2) is 4.00. The van der Waals surface area contributed by atoms with Gasteiger partial charge in [0.1, 0.15) is 5.75 Å². The van der Waals surface area contributed by atoms with Gasteiger partial charge in [0, 0.05) is 22.4 Å². The predicted octanol–water partition coefficient (Wildman–Crippen LogP) is 2.99. The Kier molecular flexibility index (Phi) is 2.64. The molecule has 4 nitrogen and oxygen atoms in total. The van der Waals surface area contributed by atoms with Crippen molar-refractivity contribution in [2.45, 2.75) is 31.9 Å². The van der Waals surface area contributed by atoms with Gasteiger partial charge < -0.3 is 15.2 Å². The van der Waals surface area contributed by atoms with Gasteiger partial charge >= 0.3 is 0 Å². The predicted molar refractivity (Wildman–Crippen MR) is 74.0 cm³/mol. The average Bonchev–Trinajstić information content (AvgIpc) is 2.28. The van der Waals surface area contributed by atoms with Crippen molar-refractivity contribution >= 4 is 21.8 Å². The van der Waals surface area contributed by atoms with Crippen molar-refractivity contribution in [1.29, 1.82) is 0 Å². The van der Waals surface area contributed by atoms with Gasteiger partial charge in [0.15, 0.2) is 5.72 Å². The van der Waals surface area contributed by atoms with Gasteiger partial charge in [0.25, 0.3) is 5.91 Å². The Morgan fingerprint density at radius 1 is 1.58 bits per heavy atom. The van der Waals surface area contributed by atoms with Crippen LogP contribution < -0.4 is 10.1 Å². The molecule has 3 rings (SSSR count). The third kappa shape index (κ3) is 1.92. The molecular weight excluding hydrogens is 310 g/mol. The number of piperidine rings is 1. The highest BCUT2D eigenvalue weighted by atomic mass is 79.9. The van der Waals surface area contributed by atoms with E-state index in [2.05, 4.69) is 21.2 Å². The van der Waals surface area contributed by atoms with Crippen LogP contribution in [0.2, 0.25) is 0 Å². The van der Waals surface area contributed by atoms with Crippen LogP contribution in [0.3, 0.4) is 0 Å². The number of carbonyl (C=O) groups excluding carboxylic acids is 1. The molecule has 100 valence electrons. The Morgan fingerprint density at radius 2 is 2.32 bits per heavy atom. The minimum absolute atomic E-state index is 0.0670. The molecule has 2 heterocycles. The number of aliphatic hydroxyl groups is 1. The maximum Gasteiger partial charge on any atom is 0.254 e. The highest BCUT2D eigenvalue weighted by Crippen LogP contribution is 2.47. The number of aliphatic hydroxyl groups excluding tert-OH is 1. The van der Waals surface area contributed by atoms with E-state index in [4.69, 9.17) is 4.74 Å². The lowest BCUT2D eigenvalue weighted by atomic mass is 9.78. The highest BCUT2D eigenvalue weighted by Gasteiger charge is 2.47. The lowest BCUT2D eigenvalue weighted by molar-refractivity contribution is -0.127. The summed E-state index contributed by atoms with van der Waals surface area (Å²) in [6.45, 7) is 3.40. The fraction of sp³-hybridized carbons (Fsp3) is 0.357. The minimum Gasteiger partial charge on any atom is -0.512 e. The Hall–Kier alpha value is -1.49. The third-order valence-electron chi connectivity index (χ3n) is 3.64. The van der Waals surface area contributed by atoms with E-state index < -0.39 is 5.72 Å². The monoisotopic (exact) mass is 323 g/mol. The van der Waals surface area contributed by atoms with Gasteiger partial charge in [-0.25, -0.2) is 0 Å². The fourth-order valence-electron chi connectivity index (χ4n) is 2.88. The molecule has 0 saturated carbocycles. The Bertz CT molecular complexity index is 607. The number of nitrogens with one attached hydrogen (secondary N) is 1. The second-order valence-electron chi connectivity index (χ2n) is 5.22. The normalized spacial score (nSPS) is 31.1. The van der Waals surface area contributed by atoms with E-state index in [1.807, 2.05) is 25.1 Å². The van der Waals surface area contributed by atoms with E-state index in [0.717, 1.165) is 15.8 Å². The van der Waals surface area contributed by atoms with Crippen LogP contribution in [0.15, 0.2) is 34.0 Å². The van der Waals surface area contributed by atoms with Crippen molar-refractivity contribution in [3.05, 3.63) is 39.6 Å². The molecule has 2 N–H and O–H groups in total. The zero-order valence-corrected chi connectivity index (χ0v) is 12.2. The number of fused-ring (bicyclic) bond motifs is 4. The number of rotatable bonds is 0. The number of halogens is 1. The van der Waals surface area contributed by atoms with E-state index >= 15 is 0 Å². The van der Waals surface area contributed by atoms with E-state index in [9.17, 15) is 9.90 Å². The number of amides is 1. The molecule has 1 saturated heterocycles. The zero-order valence-electron chi connectivity index (χ0n) is 10.7. The highest BCUT2D eigenvalue weighted by molar-refractivity contribution is 9.10. The molecule has 19 heavy (non-hydrogen) atoms. The van der Waals surface area contributed by atoms with E-state index in [-0.39, 0.29) is 17.6 Å². The van der Waals surface area contributed by atoms with Gasteiger partial charge in [0.05, 0.1) is 11.3 Å². The SMILES string of the molecule is C/C(O)=C1\C(=O)NC2(C)CC1c1cc(Br)ccc1O2. The first kappa shape index (κ1) is 12.5. The summed E-state index contributed by atoms with van der Waals surface area (Å²) in [6, 6.07) is 5.73. The molecule has 2 atom stereocenters. The first-order chi connectivity index (χ1) is 8.89. The van der Waals surface area contributed by atoms with Crippen molar-refractivity contribution in [3.8, 4) is 5.75 Å². The second-order valence-corrected chi connectivity index (χ2v) is 6.14. The van der Waals surface area contributed by atoms with Crippen LogP contribution in [0.4, 0.5) is 0 Å². The largest absolute Gasteiger partial charge is 0.512 e. The number of carbonyl (C=O) groups is 1. The first-order valence-corrected chi connectivity index (χ1v) is 6.90. The molecule has 0 aliphatic carbocycles. The standard InChI is InChI=1S/C14H14BrNO3/c1-7(17)12-10-6-14(2,16-13(12)18)19-11-4-3-8(15)5-9(10)11/h3-5,10,17H,6H2,1-2H3,(H,16,18)/b12-7+. The van der Waals surface area contributed by atoms with Crippen LogP contribution >= 0.6 is 15.9 Å². The topological polar surface area (TPSA) is 58.6 Å². The molecular formula is C14H14BrNO3. The van der Waals surface area contributed by atoms with Gasteiger partial charge in [-0.3, -0.25) is 4.79 Å². The number of ether oxygens (including phenoxy) is 1. The molecule has 1 fully saturated rings. The van der Waals surface area contributed by atoms with E-state index in [1.54, 1.807) is 6.92 Å². The third-order valence-corrected chi connectivity index (χ3v) is 4.13. The molecule has 1 amide bonds. The van der Waals surface area contributed by atoms with Gasteiger partial charge in [-0.05, 0) is 32.0 Å². The molecule has 1 aromatic carbocycles. The Labute approximate surface area is 119 Å². The zero-order chi connectivity index (χ0) is 13.8. The van der Waals surface area contributed by atoms with Crippen LogP contribution in [0, 0.1) is 0 Å². The quantitative estimate of drug-likeness (QED) is 0.570. The Morgan fingerprint density at radius 3 is 3.00 bits per heavy atom. The number of benzene rings is 1. The molecule has 0 spiro atoms. The molecule has 2 unspecified atom stereocenters. The van der Waals surface area contributed by atoms with Crippen molar-refractivity contribution in [2.75, 3.05) is 0 Å². The van der Waals surface area contributed by atoms with Crippen LogP contribution in [-0.4, -0.2) is 16.7 Å². The van der Waals surface area contributed by atoms with Gasteiger partial charge in [-0.1, -0.05) is 15.9 Å². The molecule has 1 aromatic rings. The molecule has 0 radical (unpaired) electrons. The van der Waals surface area contributed by atoms with Crippen molar-refractivity contribution in [1.82, 2.24) is 5.32 Å². The molecule has 2 aliphatic heterocycles. The number of hydrogen-bond acceptors (Lipinski definition) is 3. The number of hydrogen-bond donors (Lipinski definition) is 2. The van der Waals surface area contributed by atoms with Crippen molar-refractivity contribution in [2.24, 2.45) is 0 Å². The summed E-state index contributed by atoms with van der Waals surface area (Å²) in [7, 11) is 0. The van der Waals surface area contributed by atoms with E-state index in [0.29, 0.717) is 12.0 Å². The summed E-state index contributed by atoms with van der Waals surface area (Å²) < 4.78 is 6.82. The maximum absolute atomic E-state index is 12.1. The van der Waals surface area contributed by atoms with Gasteiger partial charge in [0.2, 0.25) is 0 Å². The van der Waals surface area contributed by atoms with Crippen LogP contribution in [0.25, 0.3) is 0 Å². The minimum atomic E-state index is -0.707. The molecule has 0 aromatic heterocycles. The molecule has 5 heteroatoms. The lowest BCUT2D eigenvalue weighted by Gasteiger charge is -2.45. The summed E-state index contributed by atoms with van der Waals surface area (Å²) in [5.74, 6) is 0.424. The van der Waals surface area contributed by atoms with Crippen molar-refractivity contribution < 1.29 is 14.6 Å².